The topological polar surface area (TPSA) is 24.5 Å². The minimum atomic E-state index is 0.610. The van der Waals surface area contributed by atoms with E-state index >= 15 is 0 Å². The Labute approximate surface area is 129 Å². The minimum Gasteiger partial charge on any atom is -0.379 e. The molecule has 1 aromatic rings. The van der Waals surface area contributed by atoms with Crippen molar-refractivity contribution < 1.29 is 4.74 Å². The molecule has 3 heteroatoms. The van der Waals surface area contributed by atoms with Crippen LogP contribution in [0.5, 0.6) is 0 Å². The molecule has 3 nitrogen and oxygen atoms in total. The van der Waals surface area contributed by atoms with Crippen LogP contribution >= 0.6 is 0 Å². The monoisotopic (exact) mass is 290 g/mol. The van der Waals surface area contributed by atoms with Gasteiger partial charge in [0.15, 0.2) is 0 Å². The summed E-state index contributed by atoms with van der Waals surface area (Å²) >= 11 is 0. The molecule has 0 saturated heterocycles. The second-order valence-electron chi connectivity index (χ2n) is 6.28. The highest BCUT2D eigenvalue weighted by Crippen LogP contribution is 2.32. The van der Waals surface area contributed by atoms with Crippen molar-refractivity contribution in [3.8, 4) is 0 Å². The van der Waals surface area contributed by atoms with Gasteiger partial charge in [-0.3, -0.25) is 0 Å². The molecule has 118 valence electrons. The molecule has 1 aromatic carbocycles. The van der Waals surface area contributed by atoms with E-state index in [1.54, 1.807) is 0 Å². The van der Waals surface area contributed by atoms with E-state index in [1.165, 1.54) is 31.2 Å². The van der Waals surface area contributed by atoms with E-state index in [2.05, 4.69) is 54.6 Å². The molecular formula is C18H30N2O. The van der Waals surface area contributed by atoms with Crippen LogP contribution in [0, 0.1) is 0 Å². The van der Waals surface area contributed by atoms with Crippen molar-refractivity contribution in [3.05, 3.63) is 35.9 Å². The van der Waals surface area contributed by atoms with Crippen LogP contribution in [0.1, 0.15) is 37.2 Å². The van der Waals surface area contributed by atoms with Gasteiger partial charge in [-0.1, -0.05) is 43.2 Å². The first-order valence-electron chi connectivity index (χ1n) is 8.28. The summed E-state index contributed by atoms with van der Waals surface area (Å²) in [6.45, 7) is 3.59. The van der Waals surface area contributed by atoms with E-state index in [0.29, 0.717) is 12.0 Å². The zero-order valence-electron chi connectivity index (χ0n) is 13.6. The molecule has 0 bridgehead atoms. The maximum absolute atomic E-state index is 5.67. The summed E-state index contributed by atoms with van der Waals surface area (Å²) in [5.74, 6) is 0.668. The Morgan fingerprint density at radius 2 is 1.86 bits per heavy atom. The number of benzene rings is 1. The fourth-order valence-corrected chi connectivity index (χ4v) is 3.14. The van der Waals surface area contributed by atoms with Gasteiger partial charge in [-0.05, 0) is 38.4 Å². The zero-order valence-corrected chi connectivity index (χ0v) is 13.6. The molecule has 1 aliphatic rings. The van der Waals surface area contributed by atoms with E-state index < -0.39 is 0 Å². The van der Waals surface area contributed by atoms with Gasteiger partial charge in [-0.15, -0.1) is 0 Å². The molecule has 21 heavy (non-hydrogen) atoms. The molecule has 0 radical (unpaired) electrons. The van der Waals surface area contributed by atoms with Crippen molar-refractivity contribution >= 4 is 0 Å². The Morgan fingerprint density at radius 3 is 2.62 bits per heavy atom. The summed E-state index contributed by atoms with van der Waals surface area (Å²) in [4.78, 5) is 2.15. The van der Waals surface area contributed by atoms with Gasteiger partial charge >= 0.3 is 0 Å². The van der Waals surface area contributed by atoms with Gasteiger partial charge in [0.2, 0.25) is 0 Å². The highest BCUT2D eigenvalue weighted by molar-refractivity contribution is 5.21. The number of nitrogens with one attached hydrogen (secondary N) is 1. The Kier molecular flexibility index (Phi) is 7.20. The first-order valence-corrected chi connectivity index (χ1v) is 8.28. The third kappa shape index (κ3) is 5.77. The van der Waals surface area contributed by atoms with Crippen molar-refractivity contribution in [1.29, 1.82) is 0 Å². The second kappa shape index (κ2) is 9.19. The molecule has 0 amide bonds. The third-order valence-corrected chi connectivity index (χ3v) is 4.33. The van der Waals surface area contributed by atoms with Crippen LogP contribution in [0.2, 0.25) is 0 Å². The van der Waals surface area contributed by atoms with E-state index in [4.69, 9.17) is 4.74 Å². The summed E-state index contributed by atoms with van der Waals surface area (Å²) in [7, 11) is 4.15. The van der Waals surface area contributed by atoms with Gasteiger partial charge in [0.05, 0.1) is 13.2 Å². The van der Waals surface area contributed by atoms with Gasteiger partial charge in [0.25, 0.3) is 0 Å². The molecule has 0 spiro atoms. The molecular weight excluding hydrogens is 260 g/mol. The van der Waals surface area contributed by atoms with E-state index in [0.717, 1.165) is 26.3 Å². The van der Waals surface area contributed by atoms with Crippen LogP contribution < -0.4 is 5.32 Å². The number of likely N-dealkylation sites (N-methyl/N-ethyl adjacent to an activating group) is 1. The summed E-state index contributed by atoms with van der Waals surface area (Å²) in [6, 6.07) is 11.6. The van der Waals surface area contributed by atoms with Crippen LogP contribution in [-0.4, -0.2) is 51.3 Å². The molecule has 2 rings (SSSR count). The first-order chi connectivity index (χ1) is 10.3. The van der Waals surface area contributed by atoms with Crippen molar-refractivity contribution in [1.82, 2.24) is 10.2 Å². The average molecular weight is 290 g/mol. The van der Waals surface area contributed by atoms with Crippen molar-refractivity contribution in [2.24, 2.45) is 0 Å². The molecule has 1 N–H and O–H groups in total. The predicted molar refractivity (Wildman–Crippen MR) is 88.8 cm³/mol. The zero-order chi connectivity index (χ0) is 14.9. The lowest BCUT2D eigenvalue weighted by Gasteiger charge is -2.32. The third-order valence-electron chi connectivity index (χ3n) is 4.33. The Morgan fingerprint density at radius 1 is 1.10 bits per heavy atom. The van der Waals surface area contributed by atoms with Crippen molar-refractivity contribution in [2.75, 3.05) is 40.4 Å². The van der Waals surface area contributed by atoms with Crippen LogP contribution in [0.4, 0.5) is 0 Å². The van der Waals surface area contributed by atoms with Gasteiger partial charge < -0.3 is 15.0 Å². The molecule has 0 heterocycles. The predicted octanol–water partition coefficient (Wildman–Crippen LogP) is 2.88. The molecule has 1 saturated carbocycles. The van der Waals surface area contributed by atoms with Crippen LogP contribution in [0.15, 0.2) is 30.3 Å². The molecule has 2 atom stereocenters. The highest BCUT2D eigenvalue weighted by atomic mass is 16.5. The van der Waals surface area contributed by atoms with Gasteiger partial charge in [-0.25, -0.2) is 0 Å². The molecule has 2 unspecified atom stereocenters. The molecule has 0 aromatic heterocycles. The van der Waals surface area contributed by atoms with E-state index in [1.807, 2.05) is 0 Å². The summed E-state index contributed by atoms with van der Waals surface area (Å²) in [5, 5.41) is 3.72. The Bertz CT molecular complexity index is 380. The van der Waals surface area contributed by atoms with Crippen molar-refractivity contribution in [3.63, 3.8) is 0 Å². The summed E-state index contributed by atoms with van der Waals surface area (Å²) in [5.41, 5.74) is 1.49. The standard InChI is InChI=1S/C18H30N2O/c1-20(2)13-15-21-14-12-19-18-11-7-6-10-17(18)16-8-4-3-5-9-16/h3-5,8-9,17-19H,6-7,10-15H2,1-2H3. The molecule has 0 aliphatic heterocycles. The average Bonchev–Trinajstić information content (AvgIpc) is 2.52. The number of hydrogen-bond donors (Lipinski definition) is 1. The lowest BCUT2D eigenvalue weighted by atomic mass is 9.80. The van der Waals surface area contributed by atoms with Gasteiger partial charge in [0, 0.05) is 19.1 Å². The number of nitrogens with zero attached hydrogens (tertiary/aromatic N) is 1. The quantitative estimate of drug-likeness (QED) is 0.745. The van der Waals surface area contributed by atoms with Crippen molar-refractivity contribution in [2.45, 2.75) is 37.6 Å². The molecule has 1 aliphatic carbocycles. The fourth-order valence-electron chi connectivity index (χ4n) is 3.14. The Balaban J connectivity index is 1.72. The molecule has 1 fully saturated rings. The highest BCUT2D eigenvalue weighted by Gasteiger charge is 2.25. The summed E-state index contributed by atoms with van der Waals surface area (Å²) in [6.07, 6.45) is 5.31. The van der Waals surface area contributed by atoms with E-state index in [9.17, 15) is 0 Å². The number of ether oxygens (including phenoxy) is 1. The fraction of sp³-hybridized carbons (Fsp3) is 0.667. The van der Waals surface area contributed by atoms with Crippen LogP contribution in [-0.2, 0) is 4.74 Å². The van der Waals surface area contributed by atoms with Crippen LogP contribution in [0.3, 0.4) is 0 Å². The first kappa shape index (κ1) is 16.5. The number of rotatable bonds is 8. The lowest BCUT2D eigenvalue weighted by molar-refractivity contribution is 0.115. The van der Waals surface area contributed by atoms with Gasteiger partial charge in [0.1, 0.15) is 0 Å². The summed E-state index contributed by atoms with van der Waals surface area (Å²) < 4.78 is 5.67. The van der Waals surface area contributed by atoms with Crippen LogP contribution in [0.25, 0.3) is 0 Å². The number of hydrogen-bond acceptors (Lipinski definition) is 3. The maximum Gasteiger partial charge on any atom is 0.0593 e. The largest absolute Gasteiger partial charge is 0.379 e. The van der Waals surface area contributed by atoms with Gasteiger partial charge in [-0.2, -0.15) is 0 Å². The minimum absolute atomic E-state index is 0.610. The SMILES string of the molecule is CN(C)CCOCCNC1CCCCC1c1ccccc1. The van der Waals surface area contributed by atoms with E-state index in [-0.39, 0.29) is 0 Å². The lowest BCUT2D eigenvalue weighted by Crippen LogP contribution is -2.39. The normalized spacial score (nSPS) is 22.6. The second-order valence-corrected chi connectivity index (χ2v) is 6.28. The Hall–Kier alpha value is -0.900. The maximum atomic E-state index is 5.67. The smallest absolute Gasteiger partial charge is 0.0593 e.